The average molecular weight is 371 g/mol. The highest BCUT2D eigenvalue weighted by molar-refractivity contribution is 6.02. The van der Waals surface area contributed by atoms with Gasteiger partial charge in [-0.2, -0.15) is 0 Å². The lowest BCUT2D eigenvalue weighted by atomic mass is 10.2. The van der Waals surface area contributed by atoms with E-state index < -0.39 is 5.97 Å². The minimum absolute atomic E-state index is 0.346. The summed E-state index contributed by atoms with van der Waals surface area (Å²) in [7, 11) is 1.33. The van der Waals surface area contributed by atoms with E-state index in [9.17, 15) is 4.79 Å². The van der Waals surface area contributed by atoms with Crippen LogP contribution in [0.1, 0.15) is 10.4 Å². The number of pyridine rings is 1. The van der Waals surface area contributed by atoms with Gasteiger partial charge < -0.3 is 13.6 Å². The van der Waals surface area contributed by atoms with Crippen molar-refractivity contribution in [2.75, 3.05) is 7.11 Å². The fourth-order valence-electron chi connectivity index (χ4n) is 3.07. The first-order valence-electron chi connectivity index (χ1n) is 8.53. The lowest BCUT2D eigenvalue weighted by molar-refractivity contribution is 0.0602. The largest absolute Gasteiger partial charge is 0.465 e. The molecule has 0 aliphatic carbocycles. The minimum Gasteiger partial charge on any atom is -0.465 e. The molecule has 0 saturated heterocycles. The molecule has 2 aromatic carbocycles. The molecule has 0 bridgehead atoms. The molecule has 28 heavy (non-hydrogen) atoms. The molecule has 0 aliphatic rings. The Morgan fingerprint density at radius 1 is 0.893 bits per heavy atom. The van der Waals surface area contributed by atoms with Gasteiger partial charge >= 0.3 is 5.97 Å². The summed E-state index contributed by atoms with van der Waals surface area (Å²) in [5, 5.41) is 0. The van der Waals surface area contributed by atoms with E-state index in [1.165, 1.54) is 7.11 Å². The van der Waals surface area contributed by atoms with Gasteiger partial charge in [-0.15, -0.1) is 0 Å². The van der Waals surface area contributed by atoms with E-state index >= 15 is 0 Å². The highest BCUT2D eigenvalue weighted by Gasteiger charge is 2.20. The number of oxazole rings is 2. The van der Waals surface area contributed by atoms with Crippen LogP contribution in [0.3, 0.4) is 0 Å². The number of hydrogen-bond acceptors (Lipinski definition) is 7. The van der Waals surface area contributed by atoms with Crippen molar-refractivity contribution < 1.29 is 18.4 Å². The van der Waals surface area contributed by atoms with Gasteiger partial charge in [0, 0.05) is 12.4 Å². The smallest absolute Gasteiger partial charge is 0.340 e. The molecule has 0 saturated carbocycles. The molecule has 0 aliphatic heterocycles. The highest BCUT2D eigenvalue weighted by Crippen LogP contribution is 2.33. The van der Waals surface area contributed by atoms with Gasteiger partial charge in [-0.1, -0.05) is 12.1 Å². The molecule has 0 radical (unpaired) electrons. The lowest BCUT2D eigenvalue weighted by Crippen LogP contribution is -2.01. The zero-order chi connectivity index (χ0) is 19.1. The summed E-state index contributed by atoms with van der Waals surface area (Å²) in [5.74, 6) is 0.342. The molecule has 0 N–H and O–H groups in total. The summed E-state index contributed by atoms with van der Waals surface area (Å²) in [5.41, 5.74) is 3.94. The molecule has 0 fully saturated rings. The molecule has 3 heterocycles. The Bertz CT molecular complexity index is 1320. The Hall–Kier alpha value is -4.00. The third kappa shape index (κ3) is 2.52. The number of hydrogen-bond donors (Lipinski definition) is 0. The van der Waals surface area contributed by atoms with E-state index in [-0.39, 0.29) is 0 Å². The van der Waals surface area contributed by atoms with Crippen molar-refractivity contribution in [2.24, 2.45) is 0 Å². The molecule has 0 amide bonds. The van der Waals surface area contributed by atoms with Crippen LogP contribution < -0.4 is 0 Å². The van der Waals surface area contributed by atoms with E-state index in [0.717, 1.165) is 5.56 Å². The van der Waals surface area contributed by atoms with E-state index in [4.69, 9.17) is 13.6 Å². The second-order valence-electron chi connectivity index (χ2n) is 6.08. The van der Waals surface area contributed by atoms with Gasteiger partial charge in [0.1, 0.15) is 11.0 Å². The van der Waals surface area contributed by atoms with Crippen molar-refractivity contribution in [1.82, 2.24) is 15.0 Å². The number of benzene rings is 2. The van der Waals surface area contributed by atoms with Crippen molar-refractivity contribution in [3.8, 4) is 22.9 Å². The standard InChI is InChI=1S/C21H13N3O4/c1-26-21(25)14-7-3-9-16-18(14)24-20(28-16)13-6-2-8-15-17(13)23-19(27-15)12-5-4-10-22-11-12/h2-11H,1H3. The van der Waals surface area contributed by atoms with Crippen LogP contribution in [0, 0.1) is 0 Å². The van der Waals surface area contributed by atoms with Crippen molar-refractivity contribution in [2.45, 2.75) is 0 Å². The highest BCUT2D eigenvalue weighted by atomic mass is 16.5. The number of aromatic nitrogens is 3. The molecular formula is C21H13N3O4. The fourth-order valence-corrected chi connectivity index (χ4v) is 3.07. The monoisotopic (exact) mass is 371 g/mol. The molecule has 3 aromatic heterocycles. The molecule has 5 rings (SSSR count). The van der Waals surface area contributed by atoms with Gasteiger partial charge in [-0.25, -0.2) is 14.8 Å². The quantitative estimate of drug-likeness (QED) is 0.432. The van der Waals surface area contributed by atoms with Gasteiger partial charge in [-0.05, 0) is 36.4 Å². The first kappa shape index (κ1) is 16.2. The van der Waals surface area contributed by atoms with Crippen molar-refractivity contribution in [1.29, 1.82) is 0 Å². The molecule has 7 heteroatoms. The van der Waals surface area contributed by atoms with Gasteiger partial charge in [-0.3, -0.25) is 4.98 Å². The Morgan fingerprint density at radius 2 is 1.64 bits per heavy atom. The predicted molar refractivity (Wildman–Crippen MR) is 102 cm³/mol. The Kier molecular flexibility index (Phi) is 3.65. The fraction of sp³-hybridized carbons (Fsp3) is 0.0476. The maximum absolute atomic E-state index is 12.0. The van der Waals surface area contributed by atoms with Gasteiger partial charge in [0.05, 0.1) is 23.8 Å². The van der Waals surface area contributed by atoms with E-state index in [1.54, 1.807) is 30.6 Å². The SMILES string of the molecule is COC(=O)c1cccc2oc(-c3cccc4oc(-c5cccnc5)nc34)nc12. The molecule has 0 atom stereocenters. The summed E-state index contributed by atoms with van der Waals surface area (Å²) in [6.45, 7) is 0. The lowest BCUT2D eigenvalue weighted by Gasteiger charge is -1.97. The van der Waals surface area contributed by atoms with Gasteiger partial charge in [0.15, 0.2) is 11.2 Å². The van der Waals surface area contributed by atoms with Crippen LogP contribution in [-0.2, 0) is 4.74 Å². The number of esters is 1. The van der Waals surface area contributed by atoms with Crippen LogP contribution in [0.25, 0.3) is 45.1 Å². The third-order valence-electron chi connectivity index (χ3n) is 4.38. The maximum atomic E-state index is 12.0. The Labute approximate surface area is 158 Å². The molecule has 0 spiro atoms. The molecular weight excluding hydrogens is 358 g/mol. The molecule has 136 valence electrons. The van der Waals surface area contributed by atoms with Gasteiger partial charge in [0.25, 0.3) is 0 Å². The van der Waals surface area contributed by atoms with E-state index in [0.29, 0.717) is 45.1 Å². The van der Waals surface area contributed by atoms with Crippen LogP contribution in [0.15, 0.2) is 69.8 Å². The molecule has 0 unspecified atom stereocenters. The van der Waals surface area contributed by atoms with Crippen LogP contribution in [-0.4, -0.2) is 28.0 Å². The summed E-state index contributed by atoms with van der Waals surface area (Å²) < 4.78 is 16.6. The Balaban J connectivity index is 1.69. The van der Waals surface area contributed by atoms with Gasteiger partial charge in [0.2, 0.25) is 11.8 Å². The number of para-hydroxylation sites is 2. The summed E-state index contributed by atoms with van der Waals surface area (Å²) in [4.78, 5) is 25.2. The maximum Gasteiger partial charge on any atom is 0.340 e. The predicted octanol–water partition coefficient (Wildman–Crippen LogP) is 4.48. The zero-order valence-corrected chi connectivity index (χ0v) is 14.7. The third-order valence-corrected chi connectivity index (χ3v) is 4.38. The second kappa shape index (κ2) is 6.31. The minimum atomic E-state index is -0.469. The number of nitrogens with zero attached hydrogens (tertiary/aromatic N) is 3. The van der Waals surface area contributed by atoms with Crippen LogP contribution in [0.2, 0.25) is 0 Å². The summed E-state index contributed by atoms with van der Waals surface area (Å²) >= 11 is 0. The first-order valence-corrected chi connectivity index (χ1v) is 8.53. The van der Waals surface area contributed by atoms with Crippen molar-refractivity contribution in [3.05, 3.63) is 66.5 Å². The second-order valence-corrected chi connectivity index (χ2v) is 6.08. The van der Waals surface area contributed by atoms with Crippen molar-refractivity contribution in [3.63, 3.8) is 0 Å². The number of fused-ring (bicyclic) bond motifs is 2. The number of rotatable bonds is 3. The number of methoxy groups -OCH3 is 1. The van der Waals surface area contributed by atoms with Crippen LogP contribution >= 0.6 is 0 Å². The number of carbonyl (C=O) groups is 1. The van der Waals surface area contributed by atoms with E-state index in [2.05, 4.69) is 15.0 Å². The summed E-state index contributed by atoms with van der Waals surface area (Å²) in [6, 6.07) is 14.3. The first-order chi connectivity index (χ1) is 13.7. The van der Waals surface area contributed by atoms with E-state index in [1.807, 2.05) is 30.3 Å². The zero-order valence-electron chi connectivity index (χ0n) is 14.7. The molecule has 5 aromatic rings. The average Bonchev–Trinajstić information content (AvgIpc) is 3.37. The normalized spacial score (nSPS) is 11.2. The van der Waals surface area contributed by atoms with Crippen molar-refractivity contribution >= 4 is 28.2 Å². The Morgan fingerprint density at radius 3 is 2.43 bits per heavy atom. The van der Waals surface area contributed by atoms with Crippen LogP contribution in [0.5, 0.6) is 0 Å². The topological polar surface area (TPSA) is 91.2 Å². The number of carbonyl (C=O) groups excluding carboxylic acids is 1. The van der Waals surface area contributed by atoms with Crippen LogP contribution in [0.4, 0.5) is 0 Å². The molecule has 7 nitrogen and oxygen atoms in total. The number of ether oxygens (including phenoxy) is 1. The summed E-state index contributed by atoms with van der Waals surface area (Å²) in [6.07, 6.45) is 3.38.